The number of hydrogen-bond acceptors (Lipinski definition) is 6. The van der Waals surface area contributed by atoms with E-state index in [9.17, 15) is 20.2 Å². The predicted octanol–water partition coefficient (Wildman–Crippen LogP) is 5.40. The molecule has 0 fully saturated rings. The van der Waals surface area contributed by atoms with Crippen molar-refractivity contribution in [3.05, 3.63) is 103 Å². The number of ether oxygens (including phenoxy) is 2. The van der Waals surface area contributed by atoms with Crippen LogP contribution in [0.25, 0.3) is 6.08 Å². The Kier molecular flexibility index (Phi) is 9.20. The quantitative estimate of drug-likeness (QED) is 0.112. The predicted molar refractivity (Wildman–Crippen MR) is 140 cm³/mol. The third kappa shape index (κ3) is 7.28. The molecule has 3 aromatic carbocycles. The number of benzene rings is 3. The van der Waals surface area contributed by atoms with Gasteiger partial charge in [-0.2, -0.15) is 5.26 Å². The highest BCUT2D eigenvalue weighted by atomic mass is 127. The van der Waals surface area contributed by atoms with Crippen LogP contribution < -0.4 is 14.8 Å². The first kappa shape index (κ1) is 25.7. The molecule has 0 aliphatic carbocycles. The van der Waals surface area contributed by atoms with Crippen LogP contribution in [-0.4, -0.2) is 17.4 Å². The Morgan fingerprint density at radius 2 is 1.83 bits per heavy atom. The maximum absolute atomic E-state index is 12.5. The summed E-state index contributed by atoms with van der Waals surface area (Å²) in [5.41, 5.74) is 2.29. The summed E-state index contributed by atoms with van der Waals surface area (Å²) >= 11 is 2.10. The number of halogens is 1. The van der Waals surface area contributed by atoms with E-state index < -0.39 is 10.8 Å². The van der Waals surface area contributed by atoms with Gasteiger partial charge in [0.05, 0.1) is 15.1 Å². The van der Waals surface area contributed by atoms with Gasteiger partial charge in [-0.05, 0) is 76.5 Å². The largest absolute Gasteiger partial charge is 0.490 e. The zero-order chi connectivity index (χ0) is 25.2. The normalized spacial score (nSPS) is 10.8. The second-order valence-corrected chi connectivity index (χ2v) is 8.48. The lowest BCUT2D eigenvalue weighted by Crippen LogP contribution is -2.23. The van der Waals surface area contributed by atoms with Crippen LogP contribution in [0.15, 0.2) is 72.3 Å². The number of nitrogens with one attached hydrogen (secondary N) is 1. The van der Waals surface area contributed by atoms with E-state index in [1.807, 2.05) is 43.3 Å². The molecule has 9 heteroatoms. The van der Waals surface area contributed by atoms with E-state index in [4.69, 9.17) is 9.47 Å². The number of nitrogens with zero attached hydrogens (tertiary/aromatic N) is 2. The summed E-state index contributed by atoms with van der Waals surface area (Å²) in [4.78, 5) is 22.9. The van der Waals surface area contributed by atoms with E-state index in [2.05, 4.69) is 27.9 Å². The first-order valence-corrected chi connectivity index (χ1v) is 11.8. The smallest absolute Gasteiger partial charge is 0.269 e. The zero-order valence-corrected chi connectivity index (χ0v) is 21.0. The van der Waals surface area contributed by atoms with Crippen LogP contribution in [0.1, 0.15) is 23.6 Å². The van der Waals surface area contributed by atoms with Gasteiger partial charge < -0.3 is 14.8 Å². The van der Waals surface area contributed by atoms with Crippen LogP contribution >= 0.6 is 22.6 Å². The molecule has 3 aromatic rings. The Hall–Kier alpha value is -3.91. The fourth-order valence-electron chi connectivity index (χ4n) is 3.13. The monoisotopic (exact) mass is 583 g/mol. The van der Waals surface area contributed by atoms with E-state index in [0.717, 1.165) is 14.7 Å². The Morgan fingerprint density at radius 3 is 2.46 bits per heavy atom. The molecule has 3 rings (SSSR count). The summed E-state index contributed by atoms with van der Waals surface area (Å²) in [5.74, 6) is 0.507. The van der Waals surface area contributed by atoms with Crippen molar-refractivity contribution in [3.63, 3.8) is 0 Å². The number of nitro benzene ring substituents is 1. The van der Waals surface area contributed by atoms with Gasteiger partial charge in [0.15, 0.2) is 11.5 Å². The molecule has 0 aromatic heterocycles. The van der Waals surface area contributed by atoms with Gasteiger partial charge in [-0.25, -0.2) is 0 Å². The van der Waals surface area contributed by atoms with Gasteiger partial charge >= 0.3 is 0 Å². The summed E-state index contributed by atoms with van der Waals surface area (Å²) in [5, 5.41) is 23.1. The van der Waals surface area contributed by atoms with Crippen molar-refractivity contribution in [2.24, 2.45) is 0 Å². The SMILES string of the molecule is CCOc1cc(/C=C(\C#N)C(=O)NCc2ccccc2)cc(I)c1OCc1ccc([N+](=O)[O-])cc1. The highest BCUT2D eigenvalue weighted by molar-refractivity contribution is 14.1. The van der Waals surface area contributed by atoms with Crippen LogP contribution in [0.2, 0.25) is 0 Å². The van der Waals surface area contributed by atoms with E-state index >= 15 is 0 Å². The Balaban J connectivity index is 1.77. The Labute approximate surface area is 216 Å². The van der Waals surface area contributed by atoms with Crippen molar-refractivity contribution >= 4 is 40.3 Å². The van der Waals surface area contributed by atoms with Gasteiger partial charge in [0.2, 0.25) is 0 Å². The van der Waals surface area contributed by atoms with Crippen LogP contribution in [0.5, 0.6) is 11.5 Å². The second-order valence-electron chi connectivity index (χ2n) is 7.31. The first-order valence-electron chi connectivity index (χ1n) is 10.7. The number of nitro groups is 1. The molecular formula is C26H22IN3O5. The number of non-ortho nitro benzene ring substituents is 1. The maximum Gasteiger partial charge on any atom is 0.269 e. The number of carbonyl (C=O) groups excluding carboxylic acids is 1. The molecule has 35 heavy (non-hydrogen) atoms. The molecule has 0 aliphatic heterocycles. The molecule has 0 aliphatic rings. The first-order chi connectivity index (χ1) is 16.9. The fourth-order valence-corrected chi connectivity index (χ4v) is 3.91. The Bertz CT molecular complexity index is 1270. The minimum Gasteiger partial charge on any atom is -0.490 e. The van der Waals surface area contributed by atoms with Gasteiger partial charge in [-0.15, -0.1) is 0 Å². The average Bonchev–Trinajstić information content (AvgIpc) is 2.86. The highest BCUT2D eigenvalue weighted by Crippen LogP contribution is 2.35. The molecule has 178 valence electrons. The van der Waals surface area contributed by atoms with E-state index in [1.54, 1.807) is 24.3 Å². The zero-order valence-electron chi connectivity index (χ0n) is 18.9. The lowest BCUT2D eigenvalue weighted by atomic mass is 10.1. The molecule has 0 bridgehead atoms. The topological polar surface area (TPSA) is 114 Å². The van der Waals surface area contributed by atoms with Crippen molar-refractivity contribution < 1.29 is 19.2 Å². The lowest BCUT2D eigenvalue weighted by molar-refractivity contribution is -0.384. The third-order valence-electron chi connectivity index (χ3n) is 4.83. The summed E-state index contributed by atoms with van der Waals surface area (Å²) in [6.45, 7) is 2.73. The summed E-state index contributed by atoms with van der Waals surface area (Å²) < 4.78 is 12.4. The van der Waals surface area contributed by atoms with Crippen LogP contribution in [0.3, 0.4) is 0 Å². The fraction of sp³-hybridized carbons (Fsp3) is 0.154. The molecule has 0 saturated heterocycles. The molecule has 0 heterocycles. The number of nitriles is 1. The standard InChI is InChI=1S/C26H22IN3O5/c1-2-34-24-14-20(12-21(15-28)26(31)29-16-18-6-4-3-5-7-18)13-23(27)25(24)35-17-19-8-10-22(11-9-19)30(32)33/h3-14H,2,16-17H2,1H3,(H,29,31)/b21-12+. The van der Waals surface area contributed by atoms with Crippen molar-refractivity contribution in [2.75, 3.05) is 6.61 Å². The van der Waals surface area contributed by atoms with Crippen molar-refractivity contribution in [3.8, 4) is 17.6 Å². The van der Waals surface area contributed by atoms with Gasteiger partial charge in [-0.3, -0.25) is 14.9 Å². The van der Waals surface area contributed by atoms with Gasteiger partial charge in [0.25, 0.3) is 11.6 Å². The van der Waals surface area contributed by atoms with Crippen LogP contribution in [0, 0.1) is 25.0 Å². The van der Waals surface area contributed by atoms with Crippen molar-refractivity contribution in [1.29, 1.82) is 5.26 Å². The molecule has 1 amide bonds. The number of rotatable bonds is 10. The minimum absolute atomic E-state index is 0.00979. The van der Waals surface area contributed by atoms with Gasteiger partial charge in [0.1, 0.15) is 18.2 Å². The average molecular weight is 583 g/mol. The molecular weight excluding hydrogens is 561 g/mol. The minimum atomic E-state index is -0.470. The second kappa shape index (κ2) is 12.5. The van der Waals surface area contributed by atoms with Crippen molar-refractivity contribution in [1.82, 2.24) is 5.32 Å². The van der Waals surface area contributed by atoms with E-state index in [-0.39, 0.29) is 17.9 Å². The lowest BCUT2D eigenvalue weighted by Gasteiger charge is -2.15. The molecule has 1 N–H and O–H groups in total. The third-order valence-corrected chi connectivity index (χ3v) is 5.64. The maximum atomic E-state index is 12.5. The van der Waals surface area contributed by atoms with Crippen LogP contribution in [-0.2, 0) is 17.9 Å². The van der Waals surface area contributed by atoms with Gasteiger partial charge in [0, 0.05) is 18.7 Å². The molecule has 0 atom stereocenters. The summed E-state index contributed by atoms with van der Waals surface area (Å²) in [7, 11) is 0. The molecule has 8 nitrogen and oxygen atoms in total. The molecule has 0 spiro atoms. The Morgan fingerprint density at radius 1 is 1.11 bits per heavy atom. The summed E-state index contributed by atoms with van der Waals surface area (Å²) in [6, 6.07) is 21.0. The van der Waals surface area contributed by atoms with Crippen molar-refractivity contribution in [2.45, 2.75) is 20.1 Å². The van der Waals surface area contributed by atoms with E-state index in [0.29, 0.717) is 30.2 Å². The number of carbonyl (C=O) groups is 1. The molecule has 0 saturated carbocycles. The number of hydrogen-bond donors (Lipinski definition) is 1. The summed E-state index contributed by atoms with van der Waals surface area (Å²) in [6.07, 6.45) is 1.51. The van der Waals surface area contributed by atoms with E-state index in [1.165, 1.54) is 18.2 Å². The molecule has 0 radical (unpaired) electrons. The molecule has 0 unspecified atom stereocenters. The van der Waals surface area contributed by atoms with Gasteiger partial charge in [-0.1, -0.05) is 30.3 Å². The highest BCUT2D eigenvalue weighted by Gasteiger charge is 2.15. The van der Waals surface area contributed by atoms with Crippen LogP contribution in [0.4, 0.5) is 5.69 Å². The number of amides is 1.